The molecule has 0 aromatic carbocycles. The molecule has 1 heterocycles. The van der Waals surface area contributed by atoms with Gasteiger partial charge in [-0.2, -0.15) is 0 Å². The molecule has 18 heavy (non-hydrogen) atoms. The van der Waals surface area contributed by atoms with Crippen LogP contribution in [-0.4, -0.2) is 28.0 Å². The van der Waals surface area contributed by atoms with Gasteiger partial charge in [0.05, 0.1) is 5.92 Å². The Morgan fingerprint density at radius 2 is 2.17 bits per heavy atom. The van der Waals surface area contributed by atoms with E-state index in [1.54, 1.807) is 30.4 Å². The van der Waals surface area contributed by atoms with Crippen molar-refractivity contribution in [1.82, 2.24) is 10.3 Å². The zero-order chi connectivity index (χ0) is 13.1. The second kappa shape index (κ2) is 5.18. The topological polar surface area (TPSA) is 79.3 Å². The average Bonchev–Trinajstić information content (AvgIpc) is 2.77. The van der Waals surface area contributed by atoms with Crippen molar-refractivity contribution in [3.8, 4) is 0 Å². The molecule has 1 aromatic rings. The van der Waals surface area contributed by atoms with E-state index in [2.05, 4.69) is 10.3 Å². The Balaban J connectivity index is 1.97. The van der Waals surface area contributed by atoms with Crippen LogP contribution >= 0.6 is 11.6 Å². The number of aliphatic carboxylic acids is 1. The van der Waals surface area contributed by atoms with Gasteiger partial charge in [0.1, 0.15) is 10.8 Å². The first-order valence-corrected chi connectivity index (χ1v) is 5.78. The number of hydrogen-bond acceptors (Lipinski definition) is 3. The number of carbonyl (C=O) groups excluding carboxylic acids is 1. The molecular weight excluding hydrogens is 256 g/mol. The van der Waals surface area contributed by atoms with Crippen molar-refractivity contribution in [3.05, 3.63) is 41.2 Å². The summed E-state index contributed by atoms with van der Waals surface area (Å²) in [6, 6.07) is 4.48. The molecule has 0 saturated carbocycles. The number of nitrogens with one attached hydrogen (secondary N) is 1. The molecule has 6 heteroatoms. The van der Waals surface area contributed by atoms with Gasteiger partial charge in [-0.15, -0.1) is 0 Å². The van der Waals surface area contributed by atoms with E-state index < -0.39 is 11.9 Å². The molecule has 94 valence electrons. The van der Waals surface area contributed by atoms with E-state index in [0.717, 1.165) is 0 Å². The highest BCUT2D eigenvalue weighted by atomic mass is 35.5. The minimum atomic E-state index is -0.885. The number of carboxylic acids is 1. The Morgan fingerprint density at radius 3 is 2.78 bits per heavy atom. The van der Waals surface area contributed by atoms with Gasteiger partial charge in [0.25, 0.3) is 5.91 Å². The van der Waals surface area contributed by atoms with Gasteiger partial charge in [-0.3, -0.25) is 9.59 Å². The van der Waals surface area contributed by atoms with E-state index in [4.69, 9.17) is 16.7 Å². The summed E-state index contributed by atoms with van der Waals surface area (Å²) < 4.78 is 0. The van der Waals surface area contributed by atoms with Crippen molar-refractivity contribution in [1.29, 1.82) is 0 Å². The highest BCUT2D eigenvalue weighted by Crippen LogP contribution is 2.18. The molecule has 5 nitrogen and oxygen atoms in total. The second-order valence-corrected chi connectivity index (χ2v) is 4.38. The molecule has 2 rings (SSSR count). The molecule has 2 atom stereocenters. The minimum Gasteiger partial charge on any atom is -0.481 e. The van der Waals surface area contributed by atoms with Crippen LogP contribution in [0.1, 0.15) is 16.9 Å². The molecule has 0 bridgehead atoms. The van der Waals surface area contributed by atoms with Crippen molar-refractivity contribution in [2.75, 3.05) is 0 Å². The minimum absolute atomic E-state index is 0.217. The van der Waals surface area contributed by atoms with Gasteiger partial charge in [0.15, 0.2) is 0 Å². The lowest BCUT2D eigenvalue weighted by Crippen LogP contribution is -2.33. The largest absolute Gasteiger partial charge is 0.481 e. The van der Waals surface area contributed by atoms with E-state index >= 15 is 0 Å². The fourth-order valence-electron chi connectivity index (χ4n) is 1.77. The molecule has 0 aliphatic heterocycles. The lowest BCUT2D eigenvalue weighted by atomic mass is 10.1. The first kappa shape index (κ1) is 12.6. The number of halogens is 1. The smallest absolute Gasteiger partial charge is 0.310 e. The summed E-state index contributed by atoms with van der Waals surface area (Å²) in [4.78, 5) is 26.5. The van der Waals surface area contributed by atoms with Crippen molar-refractivity contribution < 1.29 is 14.7 Å². The summed E-state index contributed by atoms with van der Waals surface area (Å²) in [5, 5.41) is 11.8. The molecule has 1 aliphatic carbocycles. The summed E-state index contributed by atoms with van der Waals surface area (Å²) >= 11 is 5.69. The SMILES string of the molecule is O=C(NC1C=CC(C(=O)O)C1)c1cccc(Cl)n1. The second-order valence-electron chi connectivity index (χ2n) is 3.99. The van der Waals surface area contributed by atoms with Crippen LogP contribution in [-0.2, 0) is 4.79 Å². The van der Waals surface area contributed by atoms with Crippen LogP contribution in [0.2, 0.25) is 5.15 Å². The zero-order valence-electron chi connectivity index (χ0n) is 9.34. The lowest BCUT2D eigenvalue weighted by molar-refractivity contribution is -0.140. The highest BCUT2D eigenvalue weighted by Gasteiger charge is 2.25. The molecule has 2 unspecified atom stereocenters. The standard InChI is InChI=1S/C12H11ClN2O3/c13-10-3-1-2-9(15-10)11(16)14-8-5-4-7(6-8)12(17)18/h1-5,7-8H,6H2,(H,14,16)(H,17,18). The average molecular weight is 267 g/mol. The van der Waals surface area contributed by atoms with Crippen molar-refractivity contribution in [2.24, 2.45) is 5.92 Å². The summed E-state index contributed by atoms with van der Waals surface area (Å²) in [7, 11) is 0. The maximum atomic E-state index is 11.8. The number of carboxylic acid groups (broad SMARTS) is 1. The van der Waals surface area contributed by atoms with Crippen LogP contribution in [0, 0.1) is 5.92 Å². The van der Waals surface area contributed by atoms with Crippen LogP contribution in [0.3, 0.4) is 0 Å². The number of rotatable bonds is 3. The molecule has 1 aromatic heterocycles. The number of amides is 1. The Morgan fingerprint density at radius 1 is 1.39 bits per heavy atom. The van der Waals surface area contributed by atoms with Gasteiger partial charge in [-0.05, 0) is 18.6 Å². The predicted molar refractivity (Wildman–Crippen MR) is 65.4 cm³/mol. The third kappa shape index (κ3) is 2.87. The Kier molecular flexibility index (Phi) is 3.62. The van der Waals surface area contributed by atoms with E-state index in [0.29, 0.717) is 6.42 Å². The van der Waals surface area contributed by atoms with Crippen LogP contribution in [0.4, 0.5) is 0 Å². The van der Waals surface area contributed by atoms with Gasteiger partial charge in [0.2, 0.25) is 0 Å². The number of nitrogens with zero attached hydrogens (tertiary/aromatic N) is 1. The fraction of sp³-hybridized carbons (Fsp3) is 0.250. The summed E-state index contributed by atoms with van der Waals surface area (Å²) in [5.74, 6) is -1.79. The molecule has 2 N–H and O–H groups in total. The monoisotopic (exact) mass is 266 g/mol. The van der Waals surface area contributed by atoms with Gasteiger partial charge in [-0.25, -0.2) is 4.98 Å². The third-order valence-electron chi connectivity index (χ3n) is 2.67. The van der Waals surface area contributed by atoms with Gasteiger partial charge < -0.3 is 10.4 Å². The lowest BCUT2D eigenvalue weighted by Gasteiger charge is -2.11. The molecule has 0 fully saturated rings. The maximum Gasteiger partial charge on any atom is 0.310 e. The maximum absolute atomic E-state index is 11.8. The molecular formula is C12H11ClN2O3. The summed E-state index contributed by atoms with van der Waals surface area (Å²) in [6.07, 6.45) is 3.63. The first-order valence-electron chi connectivity index (χ1n) is 5.41. The van der Waals surface area contributed by atoms with Crippen LogP contribution < -0.4 is 5.32 Å². The number of aromatic nitrogens is 1. The van der Waals surface area contributed by atoms with E-state index in [9.17, 15) is 9.59 Å². The highest BCUT2D eigenvalue weighted by molar-refractivity contribution is 6.29. The predicted octanol–water partition coefficient (Wildman–Crippen LogP) is 1.49. The number of hydrogen-bond donors (Lipinski definition) is 2. The van der Waals surface area contributed by atoms with Gasteiger partial charge >= 0.3 is 5.97 Å². The molecule has 1 amide bonds. The number of pyridine rings is 1. The van der Waals surface area contributed by atoms with E-state index in [-0.39, 0.29) is 22.8 Å². The van der Waals surface area contributed by atoms with Crippen molar-refractivity contribution in [3.63, 3.8) is 0 Å². The van der Waals surface area contributed by atoms with Gasteiger partial charge in [-0.1, -0.05) is 29.8 Å². The van der Waals surface area contributed by atoms with Crippen LogP contribution in [0.15, 0.2) is 30.4 Å². The van der Waals surface area contributed by atoms with Crippen LogP contribution in [0.5, 0.6) is 0 Å². The zero-order valence-corrected chi connectivity index (χ0v) is 10.1. The molecule has 0 spiro atoms. The van der Waals surface area contributed by atoms with E-state index in [1.807, 2.05) is 0 Å². The van der Waals surface area contributed by atoms with Gasteiger partial charge in [0, 0.05) is 6.04 Å². The Bertz CT molecular complexity index is 516. The van der Waals surface area contributed by atoms with Crippen LogP contribution in [0.25, 0.3) is 0 Å². The molecule has 0 radical (unpaired) electrons. The quantitative estimate of drug-likeness (QED) is 0.642. The normalized spacial score (nSPS) is 21.8. The third-order valence-corrected chi connectivity index (χ3v) is 2.88. The van der Waals surface area contributed by atoms with E-state index in [1.165, 1.54) is 0 Å². The van der Waals surface area contributed by atoms with Crippen molar-refractivity contribution >= 4 is 23.5 Å². The molecule has 0 saturated heterocycles. The Labute approximate surface area is 108 Å². The van der Waals surface area contributed by atoms with Crippen molar-refractivity contribution in [2.45, 2.75) is 12.5 Å². The first-order chi connectivity index (χ1) is 8.56. The number of carbonyl (C=O) groups is 2. The summed E-state index contributed by atoms with van der Waals surface area (Å²) in [5.41, 5.74) is 0.217. The summed E-state index contributed by atoms with van der Waals surface area (Å²) in [6.45, 7) is 0. The fourth-order valence-corrected chi connectivity index (χ4v) is 1.93. The molecule has 1 aliphatic rings. The Hall–Kier alpha value is -1.88.